The fourth-order valence-electron chi connectivity index (χ4n) is 4.04. The number of hydrogen-bond acceptors (Lipinski definition) is 2. The van der Waals surface area contributed by atoms with Crippen LogP contribution in [0, 0.1) is 6.92 Å². The van der Waals surface area contributed by atoms with E-state index in [2.05, 4.69) is 60.4 Å². The second-order valence-corrected chi connectivity index (χ2v) is 8.46. The summed E-state index contributed by atoms with van der Waals surface area (Å²) in [5.74, 6) is -0.100. The van der Waals surface area contributed by atoms with E-state index in [0.29, 0.717) is 28.7 Å². The van der Waals surface area contributed by atoms with E-state index >= 15 is 0 Å². The predicted octanol–water partition coefficient (Wildman–Crippen LogP) is 5.85. The van der Waals surface area contributed by atoms with E-state index in [1.165, 1.54) is 16.7 Å². The van der Waals surface area contributed by atoms with Gasteiger partial charge in [-0.15, -0.1) is 0 Å². The van der Waals surface area contributed by atoms with Crippen molar-refractivity contribution in [3.05, 3.63) is 105 Å². The molecular formula is C25H24Cl2N2O. The molecule has 1 amide bonds. The van der Waals surface area contributed by atoms with E-state index in [4.69, 9.17) is 23.2 Å². The Balaban J connectivity index is 1.54. The molecule has 1 saturated heterocycles. The van der Waals surface area contributed by atoms with Crippen molar-refractivity contribution in [2.45, 2.75) is 13.0 Å². The van der Waals surface area contributed by atoms with Crippen molar-refractivity contribution in [2.75, 3.05) is 26.2 Å². The smallest absolute Gasteiger partial charge is 0.256 e. The van der Waals surface area contributed by atoms with Gasteiger partial charge in [0.15, 0.2) is 0 Å². The van der Waals surface area contributed by atoms with Crippen LogP contribution in [-0.2, 0) is 0 Å². The summed E-state index contributed by atoms with van der Waals surface area (Å²) < 4.78 is 0. The van der Waals surface area contributed by atoms with E-state index in [9.17, 15) is 4.79 Å². The second-order valence-electron chi connectivity index (χ2n) is 7.65. The maximum absolute atomic E-state index is 13.0. The zero-order valence-electron chi connectivity index (χ0n) is 16.9. The Hall–Kier alpha value is -2.33. The maximum Gasteiger partial charge on any atom is 0.256 e. The molecule has 0 bridgehead atoms. The van der Waals surface area contributed by atoms with Crippen LogP contribution < -0.4 is 0 Å². The van der Waals surface area contributed by atoms with Crippen LogP contribution >= 0.6 is 23.2 Å². The zero-order valence-corrected chi connectivity index (χ0v) is 18.4. The first-order valence-electron chi connectivity index (χ1n) is 10.1. The lowest BCUT2D eigenvalue weighted by atomic mass is 9.95. The van der Waals surface area contributed by atoms with Crippen LogP contribution in [0.1, 0.15) is 33.1 Å². The summed E-state index contributed by atoms with van der Waals surface area (Å²) in [4.78, 5) is 17.3. The quantitative estimate of drug-likeness (QED) is 0.509. The number of halogens is 2. The fraction of sp³-hybridized carbons (Fsp3) is 0.240. The van der Waals surface area contributed by atoms with Gasteiger partial charge >= 0.3 is 0 Å². The number of rotatable bonds is 4. The molecule has 0 saturated carbocycles. The number of benzene rings is 3. The summed E-state index contributed by atoms with van der Waals surface area (Å²) >= 11 is 12.5. The fourth-order valence-corrected chi connectivity index (χ4v) is 4.60. The van der Waals surface area contributed by atoms with Crippen LogP contribution in [0.3, 0.4) is 0 Å². The summed E-state index contributed by atoms with van der Waals surface area (Å²) in [6.45, 7) is 4.93. The van der Waals surface area contributed by atoms with Gasteiger partial charge in [-0.05, 0) is 30.2 Å². The second kappa shape index (κ2) is 9.22. The molecule has 1 atom stereocenters. The third-order valence-corrected chi connectivity index (χ3v) is 6.28. The summed E-state index contributed by atoms with van der Waals surface area (Å²) in [7, 11) is 0. The number of piperazine rings is 1. The summed E-state index contributed by atoms with van der Waals surface area (Å²) in [5.41, 5.74) is 4.17. The van der Waals surface area contributed by atoms with Gasteiger partial charge in [-0.25, -0.2) is 0 Å². The molecule has 154 valence electrons. The molecule has 4 rings (SSSR count). The van der Waals surface area contributed by atoms with Crippen molar-refractivity contribution in [1.82, 2.24) is 9.80 Å². The van der Waals surface area contributed by atoms with Gasteiger partial charge in [-0.3, -0.25) is 9.69 Å². The van der Waals surface area contributed by atoms with Crippen LogP contribution in [0.2, 0.25) is 10.0 Å². The SMILES string of the molecule is Cc1ccc([C@H](c2ccccc2)N2CCN(C(=O)c3c(Cl)cccc3Cl)CC2)cc1. The molecular weight excluding hydrogens is 415 g/mol. The van der Waals surface area contributed by atoms with Gasteiger partial charge < -0.3 is 4.90 Å². The van der Waals surface area contributed by atoms with E-state index in [0.717, 1.165) is 13.1 Å². The van der Waals surface area contributed by atoms with Crippen molar-refractivity contribution >= 4 is 29.1 Å². The standard InChI is InChI=1S/C25H24Cl2N2O/c1-18-10-12-20(13-11-18)24(19-6-3-2-4-7-19)28-14-16-29(17-15-28)25(30)23-21(26)8-5-9-22(23)27/h2-13,24H,14-17H2,1H3/t24-/m0/s1. The van der Waals surface area contributed by atoms with Gasteiger partial charge in [0.2, 0.25) is 0 Å². The predicted molar refractivity (Wildman–Crippen MR) is 123 cm³/mol. The topological polar surface area (TPSA) is 23.6 Å². The minimum atomic E-state index is -0.100. The van der Waals surface area contributed by atoms with E-state index < -0.39 is 0 Å². The lowest BCUT2D eigenvalue weighted by Crippen LogP contribution is -2.50. The van der Waals surface area contributed by atoms with Crippen LogP contribution in [0.25, 0.3) is 0 Å². The third-order valence-electron chi connectivity index (χ3n) is 5.65. The Labute approximate surface area is 187 Å². The molecule has 1 aliphatic heterocycles. The van der Waals surface area contributed by atoms with Gasteiger partial charge in [0.25, 0.3) is 5.91 Å². The summed E-state index contributed by atoms with van der Waals surface area (Å²) in [6, 6.07) is 24.6. The number of amides is 1. The van der Waals surface area contributed by atoms with E-state index in [-0.39, 0.29) is 11.9 Å². The van der Waals surface area contributed by atoms with Crippen LogP contribution in [0.15, 0.2) is 72.8 Å². The van der Waals surface area contributed by atoms with Crippen molar-refractivity contribution in [3.63, 3.8) is 0 Å². The lowest BCUT2D eigenvalue weighted by molar-refractivity contribution is 0.0597. The average Bonchev–Trinajstić information content (AvgIpc) is 2.76. The van der Waals surface area contributed by atoms with Gasteiger partial charge in [0.05, 0.1) is 21.7 Å². The third kappa shape index (κ3) is 4.39. The number of carbonyl (C=O) groups excluding carboxylic acids is 1. The van der Waals surface area contributed by atoms with Crippen molar-refractivity contribution in [2.24, 2.45) is 0 Å². The van der Waals surface area contributed by atoms with E-state index in [1.54, 1.807) is 18.2 Å². The molecule has 1 fully saturated rings. The first-order chi connectivity index (χ1) is 14.5. The number of aryl methyl sites for hydroxylation is 1. The Morgan fingerprint density at radius 1 is 0.767 bits per heavy atom. The molecule has 30 heavy (non-hydrogen) atoms. The molecule has 1 heterocycles. The van der Waals surface area contributed by atoms with Gasteiger partial charge in [-0.2, -0.15) is 0 Å². The molecule has 0 aliphatic carbocycles. The average molecular weight is 439 g/mol. The zero-order chi connectivity index (χ0) is 21.1. The lowest BCUT2D eigenvalue weighted by Gasteiger charge is -2.40. The van der Waals surface area contributed by atoms with Gasteiger partial charge in [0, 0.05) is 26.2 Å². The normalized spacial score (nSPS) is 15.8. The highest BCUT2D eigenvalue weighted by Gasteiger charge is 2.29. The minimum Gasteiger partial charge on any atom is -0.336 e. The highest BCUT2D eigenvalue weighted by molar-refractivity contribution is 6.39. The molecule has 0 N–H and O–H groups in total. The molecule has 0 spiro atoms. The van der Waals surface area contributed by atoms with Crippen LogP contribution in [-0.4, -0.2) is 41.9 Å². The molecule has 3 nitrogen and oxygen atoms in total. The molecule has 3 aromatic rings. The van der Waals surface area contributed by atoms with Crippen LogP contribution in [0.4, 0.5) is 0 Å². The van der Waals surface area contributed by atoms with Crippen LogP contribution in [0.5, 0.6) is 0 Å². The Morgan fingerprint density at radius 2 is 1.33 bits per heavy atom. The summed E-state index contributed by atoms with van der Waals surface area (Å²) in [5, 5.41) is 0.800. The molecule has 0 aromatic heterocycles. The molecule has 0 radical (unpaired) electrons. The Bertz CT molecular complexity index is 993. The van der Waals surface area contributed by atoms with Gasteiger partial charge in [0.1, 0.15) is 0 Å². The first-order valence-corrected chi connectivity index (χ1v) is 10.9. The maximum atomic E-state index is 13.0. The van der Waals surface area contributed by atoms with Crippen molar-refractivity contribution < 1.29 is 4.79 Å². The van der Waals surface area contributed by atoms with E-state index in [1.807, 2.05) is 11.0 Å². The largest absolute Gasteiger partial charge is 0.336 e. The number of carbonyl (C=O) groups is 1. The Kier molecular flexibility index (Phi) is 6.43. The van der Waals surface area contributed by atoms with Gasteiger partial charge in [-0.1, -0.05) is 89.4 Å². The molecule has 3 aromatic carbocycles. The monoisotopic (exact) mass is 438 g/mol. The molecule has 5 heteroatoms. The Morgan fingerprint density at radius 3 is 1.93 bits per heavy atom. The molecule has 0 unspecified atom stereocenters. The minimum absolute atomic E-state index is 0.100. The first kappa shape index (κ1) is 20.9. The number of hydrogen-bond donors (Lipinski definition) is 0. The molecule has 1 aliphatic rings. The highest BCUT2D eigenvalue weighted by atomic mass is 35.5. The highest BCUT2D eigenvalue weighted by Crippen LogP contribution is 2.31. The van der Waals surface area contributed by atoms with Crippen molar-refractivity contribution in [3.8, 4) is 0 Å². The van der Waals surface area contributed by atoms with Crippen molar-refractivity contribution in [1.29, 1.82) is 0 Å². The number of nitrogens with zero attached hydrogens (tertiary/aromatic N) is 2. The summed E-state index contributed by atoms with van der Waals surface area (Å²) in [6.07, 6.45) is 0.